The topological polar surface area (TPSA) is 81.2 Å². The van der Waals surface area contributed by atoms with E-state index < -0.39 is 0 Å². The number of anilines is 3. The number of aromatic nitrogens is 3. The van der Waals surface area contributed by atoms with Crippen molar-refractivity contribution in [2.24, 2.45) is 0 Å². The van der Waals surface area contributed by atoms with Crippen LogP contribution in [0.2, 0.25) is 0 Å². The van der Waals surface area contributed by atoms with Crippen LogP contribution in [0, 0.1) is 0 Å². The van der Waals surface area contributed by atoms with Crippen LogP contribution in [0.3, 0.4) is 0 Å². The molecule has 1 heterocycles. The van der Waals surface area contributed by atoms with Gasteiger partial charge in [0, 0.05) is 12.1 Å². The minimum Gasteiger partial charge on any atom is -0.497 e. The fraction of sp³-hybridized carbons (Fsp3) is 0.400. The molecule has 0 aliphatic carbocycles. The van der Waals surface area contributed by atoms with Crippen molar-refractivity contribution in [1.82, 2.24) is 15.2 Å². The molecule has 0 saturated carbocycles. The second kappa shape index (κ2) is 7.44. The first-order valence-electron chi connectivity index (χ1n) is 7.11. The van der Waals surface area contributed by atoms with E-state index in [-0.39, 0.29) is 0 Å². The molecule has 0 aliphatic heterocycles. The van der Waals surface area contributed by atoms with Crippen molar-refractivity contribution < 1.29 is 9.47 Å². The number of hydrogen-bond donors (Lipinski definition) is 2. The van der Waals surface area contributed by atoms with E-state index in [4.69, 9.17) is 9.47 Å². The van der Waals surface area contributed by atoms with Gasteiger partial charge < -0.3 is 20.1 Å². The second-order valence-corrected chi connectivity index (χ2v) is 4.81. The number of ether oxygens (including phenoxy) is 2. The fourth-order valence-electron chi connectivity index (χ4n) is 1.80. The Morgan fingerprint density at radius 2 is 2.05 bits per heavy atom. The highest BCUT2D eigenvalue weighted by molar-refractivity contribution is 5.64. The Kier molecular flexibility index (Phi) is 5.35. The van der Waals surface area contributed by atoms with Gasteiger partial charge in [-0.2, -0.15) is 10.1 Å². The van der Waals surface area contributed by atoms with Crippen molar-refractivity contribution in [1.29, 1.82) is 0 Å². The standard InChI is InChI=1S/C15H21N5O2/c1-5-10(2)17-14-9-16-20-15(19-14)18-12-7-6-11(21-3)8-13(12)22-4/h6-10H,5H2,1-4H3,(H2,17,18,19,20). The molecule has 0 saturated heterocycles. The maximum atomic E-state index is 5.34. The molecular weight excluding hydrogens is 282 g/mol. The highest BCUT2D eigenvalue weighted by Crippen LogP contribution is 2.30. The van der Waals surface area contributed by atoms with E-state index in [1.807, 2.05) is 12.1 Å². The van der Waals surface area contributed by atoms with Crippen molar-refractivity contribution in [3.05, 3.63) is 24.4 Å². The lowest BCUT2D eigenvalue weighted by molar-refractivity contribution is 0.395. The van der Waals surface area contributed by atoms with Gasteiger partial charge in [0.05, 0.1) is 26.1 Å². The van der Waals surface area contributed by atoms with Crippen molar-refractivity contribution >= 4 is 17.5 Å². The van der Waals surface area contributed by atoms with Crippen LogP contribution in [0.4, 0.5) is 17.5 Å². The van der Waals surface area contributed by atoms with Gasteiger partial charge in [-0.25, -0.2) is 0 Å². The van der Waals surface area contributed by atoms with E-state index >= 15 is 0 Å². The zero-order valence-electron chi connectivity index (χ0n) is 13.3. The molecule has 0 fully saturated rings. The second-order valence-electron chi connectivity index (χ2n) is 4.81. The smallest absolute Gasteiger partial charge is 0.249 e. The molecule has 0 spiro atoms. The molecule has 118 valence electrons. The average Bonchev–Trinajstić information content (AvgIpc) is 2.55. The zero-order valence-corrected chi connectivity index (χ0v) is 13.3. The summed E-state index contributed by atoms with van der Waals surface area (Å²) in [7, 11) is 3.21. The van der Waals surface area contributed by atoms with Gasteiger partial charge in [0.1, 0.15) is 11.5 Å². The number of nitrogens with zero attached hydrogens (tertiary/aromatic N) is 3. The van der Waals surface area contributed by atoms with Crippen LogP contribution in [0.15, 0.2) is 24.4 Å². The van der Waals surface area contributed by atoms with Crippen LogP contribution in [-0.2, 0) is 0 Å². The van der Waals surface area contributed by atoms with E-state index in [0.717, 1.165) is 12.1 Å². The normalized spacial score (nSPS) is 11.6. The summed E-state index contributed by atoms with van der Waals surface area (Å²) in [5, 5.41) is 14.3. The zero-order chi connectivity index (χ0) is 15.9. The monoisotopic (exact) mass is 303 g/mol. The Morgan fingerprint density at radius 3 is 2.73 bits per heavy atom. The van der Waals surface area contributed by atoms with Gasteiger partial charge in [0.15, 0.2) is 5.82 Å². The van der Waals surface area contributed by atoms with Crippen molar-refractivity contribution in [2.45, 2.75) is 26.3 Å². The molecule has 7 heteroatoms. The lowest BCUT2D eigenvalue weighted by atomic mass is 10.2. The molecule has 2 rings (SSSR count). The third-order valence-corrected chi connectivity index (χ3v) is 3.22. The van der Waals surface area contributed by atoms with Crippen LogP contribution >= 0.6 is 0 Å². The summed E-state index contributed by atoms with van der Waals surface area (Å²) in [5.41, 5.74) is 0.741. The predicted molar refractivity (Wildman–Crippen MR) is 86.0 cm³/mol. The molecule has 0 radical (unpaired) electrons. The molecule has 0 aliphatic rings. The molecule has 0 bridgehead atoms. The quantitative estimate of drug-likeness (QED) is 0.814. The molecular formula is C15H21N5O2. The van der Waals surface area contributed by atoms with Gasteiger partial charge in [-0.1, -0.05) is 6.92 Å². The van der Waals surface area contributed by atoms with Crippen molar-refractivity contribution in [3.63, 3.8) is 0 Å². The molecule has 0 amide bonds. The molecule has 1 aromatic heterocycles. The molecule has 7 nitrogen and oxygen atoms in total. The van der Waals surface area contributed by atoms with Gasteiger partial charge in [0.25, 0.3) is 0 Å². The number of benzene rings is 1. The van der Waals surface area contributed by atoms with Gasteiger partial charge >= 0.3 is 0 Å². The number of hydrogen-bond acceptors (Lipinski definition) is 7. The molecule has 1 aromatic carbocycles. The van der Waals surface area contributed by atoms with Crippen LogP contribution in [-0.4, -0.2) is 35.4 Å². The Labute approximate surface area is 130 Å². The van der Waals surface area contributed by atoms with E-state index in [1.54, 1.807) is 26.5 Å². The summed E-state index contributed by atoms with van der Waals surface area (Å²) >= 11 is 0. The minimum absolute atomic E-state index is 0.320. The molecule has 1 unspecified atom stereocenters. The van der Waals surface area contributed by atoms with Crippen LogP contribution < -0.4 is 20.1 Å². The molecule has 22 heavy (non-hydrogen) atoms. The summed E-state index contributed by atoms with van der Waals surface area (Å²) in [4.78, 5) is 4.39. The first-order valence-corrected chi connectivity index (χ1v) is 7.11. The van der Waals surface area contributed by atoms with Crippen LogP contribution in [0.25, 0.3) is 0 Å². The third kappa shape index (κ3) is 3.97. The Bertz CT molecular complexity index is 621. The van der Waals surface area contributed by atoms with Gasteiger partial charge in [-0.15, -0.1) is 5.10 Å². The summed E-state index contributed by atoms with van der Waals surface area (Å²) in [5.74, 6) is 2.44. The first kappa shape index (κ1) is 15.8. The fourth-order valence-corrected chi connectivity index (χ4v) is 1.80. The van der Waals surface area contributed by atoms with Crippen LogP contribution in [0.1, 0.15) is 20.3 Å². The largest absolute Gasteiger partial charge is 0.497 e. The third-order valence-electron chi connectivity index (χ3n) is 3.22. The lowest BCUT2D eigenvalue weighted by Gasteiger charge is -2.13. The van der Waals surface area contributed by atoms with E-state index in [0.29, 0.717) is 29.3 Å². The molecule has 2 aromatic rings. The number of rotatable bonds is 7. The summed E-state index contributed by atoms with van der Waals surface area (Å²) < 4.78 is 10.5. The molecule has 2 N–H and O–H groups in total. The highest BCUT2D eigenvalue weighted by atomic mass is 16.5. The number of nitrogens with one attached hydrogen (secondary N) is 2. The first-order chi connectivity index (χ1) is 10.7. The summed E-state index contributed by atoms with van der Waals surface area (Å²) in [6.07, 6.45) is 2.60. The van der Waals surface area contributed by atoms with Gasteiger partial charge in [-0.3, -0.25) is 0 Å². The summed E-state index contributed by atoms with van der Waals surface area (Å²) in [6, 6.07) is 5.78. The Hall–Kier alpha value is -2.57. The van der Waals surface area contributed by atoms with Gasteiger partial charge in [0.2, 0.25) is 5.95 Å². The van der Waals surface area contributed by atoms with Gasteiger partial charge in [-0.05, 0) is 25.5 Å². The number of methoxy groups -OCH3 is 2. The van der Waals surface area contributed by atoms with E-state index in [9.17, 15) is 0 Å². The molecule has 1 atom stereocenters. The predicted octanol–water partition coefficient (Wildman–Crippen LogP) is 2.84. The van der Waals surface area contributed by atoms with E-state index in [1.165, 1.54) is 0 Å². The maximum Gasteiger partial charge on any atom is 0.249 e. The highest BCUT2D eigenvalue weighted by Gasteiger charge is 2.08. The van der Waals surface area contributed by atoms with Crippen molar-refractivity contribution in [3.8, 4) is 11.5 Å². The van der Waals surface area contributed by atoms with Crippen molar-refractivity contribution in [2.75, 3.05) is 24.9 Å². The average molecular weight is 303 g/mol. The van der Waals surface area contributed by atoms with E-state index in [2.05, 4.69) is 39.7 Å². The summed E-state index contributed by atoms with van der Waals surface area (Å²) in [6.45, 7) is 4.19. The van der Waals surface area contributed by atoms with Crippen LogP contribution in [0.5, 0.6) is 11.5 Å². The maximum absolute atomic E-state index is 5.34. The Morgan fingerprint density at radius 1 is 1.23 bits per heavy atom. The minimum atomic E-state index is 0.320. The lowest BCUT2D eigenvalue weighted by Crippen LogP contribution is -2.15. The Balaban J connectivity index is 2.18. The SMILES string of the molecule is CCC(C)Nc1cnnc(Nc2ccc(OC)cc2OC)n1.